The van der Waals surface area contributed by atoms with E-state index in [2.05, 4.69) is 15.6 Å². The van der Waals surface area contributed by atoms with Crippen LogP contribution in [0.4, 0.5) is 0 Å². The molecule has 1 atom stereocenters. The Morgan fingerprint density at radius 1 is 1.58 bits per heavy atom. The van der Waals surface area contributed by atoms with Crippen molar-refractivity contribution in [2.24, 2.45) is 5.92 Å². The van der Waals surface area contributed by atoms with Crippen molar-refractivity contribution in [3.05, 3.63) is 11.9 Å². The predicted molar refractivity (Wildman–Crippen MR) is 66.6 cm³/mol. The molecule has 0 spiro atoms. The third kappa shape index (κ3) is 4.00. The lowest BCUT2D eigenvalue weighted by Crippen LogP contribution is -2.27. The summed E-state index contributed by atoms with van der Waals surface area (Å²) in [5.74, 6) is -0.387. The highest BCUT2D eigenvalue weighted by Crippen LogP contribution is 2.17. The van der Waals surface area contributed by atoms with Crippen molar-refractivity contribution in [3.63, 3.8) is 0 Å². The summed E-state index contributed by atoms with van der Waals surface area (Å²) in [7, 11) is -2.82. The second-order valence-electron chi connectivity index (χ2n) is 4.65. The number of carboxylic acid groups (broad SMARTS) is 1. The van der Waals surface area contributed by atoms with Crippen molar-refractivity contribution in [2.45, 2.75) is 13.0 Å². The second kappa shape index (κ2) is 5.66. The average Bonchev–Trinajstić information content (AvgIpc) is 2.91. The van der Waals surface area contributed by atoms with Gasteiger partial charge in [-0.2, -0.15) is 0 Å². The number of aromatic carboxylic acids is 1. The van der Waals surface area contributed by atoms with E-state index >= 15 is 0 Å². The van der Waals surface area contributed by atoms with Crippen LogP contribution in [0, 0.1) is 5.92 Å². The molecule has 0 saturated carbocycles. The summed E-state index contributed by atoms with van der Waals surface area (Å²) in [6, 6.07) is 0. The fraction of sp³-hybridized carbons (Fsp3) is 0.700. The Balaban J connectivity index is 1.68. The van der Waals surface area contributed by atoms with Gasteiger partial charge in [-0.3, -0.25) is 4.68 Å². The van der Waals surface area contributed by atoms with Crippen molar-refractivity contribution in [2.75, 3.05) is 24.6 Å². The number of hydrogen-bond acceptors (Lipinski definition) is 6. The number of hydrogen-bond donors (Lipinski definition) is 2. The van der Waals surface area contributed by atoms with Gasteiger partial charge in [-0.05, 0) is 18.9 Å². The average molecular weight is 288 g/mol. The van der Waals surface area contributed by atoms with Gasteiger partial charge in [-0.1, -0.05) is 5.21 Å². The number of nitrogens with zero attached hydrogens (tertiary/aromatic N) is 3. The van der Waals surface area contributed by atoms with Crippen molar-refractivity contribution >= 4 is 15.8 Å². The molecule has 1 aromatic heterocycles. The molecule has 1 aromatic rings. The highest BCUT2D eigenvalue weighted by Gasteiger charge is 2.27. The van der Waals surface area contributed by atoms with E-state index in [0.717, 1.165) is 0 Å². The van der Waals surface area contributed by atoms with Gasteiger partial charge >= 0.3 is 5.97 Å². The van der Waals surface area contributed by atoms with E-state index in [4.69, 9.17) is 5.11 Å². The minimum absolute atomic E-state index is 0.0816. The Bertz CT molecular complexity index is 554. The van der Waals surface area contributed by atoms with Gasteiger partial charge < -0.3 is 10.4 Å². The Kier molecular flexibility index (Phi) is 4.15. The zero-order chi connectivity index (χ0) is 13.9. The number of aromatic nitrogens is 3. The van der Waals surface area contributed by atoms with Gasteiger partial charge in [-0.25, -0.2) is 13.2 Å². The first-order valence-electron chi connectivity index (χ1n) is 6.01. The van der Waals surface area contributed by atoms with Crippen LogP contribution in [0.25, 0.3) is 0 Å². The van der Waals surface area contributed by atoms with Crippen molar-refractivity contribution < 1.29 is 18.3 Å². The first-order valence-corrected chi connectivity index (χ1v) is 7.83. The van der Waals surface area contributed by atoms with Gasteiger partial charge in [0.15, 0.2) is 15.5 Å². The molecule has 2 N–H and O–H groups in total. The highest BCUT2D eigenvalue weighted by atomic mass is 32.2. The maximum Gasteiger partial charge on any atom is 0.358 e. The molecule has 0 radical (unpaired) electrons. The molecule has 0 amide bonds. The predicted octanol–water partition coefficient (Wildman–Crippen LogP) is -0.999. The van der Waals surface area contributed by atoms with Gasteiger partial charge in [0, 0.05) is 6.54 Å². The summed E-state index contributed by atoms with van der Waals surface area (Å²) >= 11 is 0. The minimum atomic E-state index is -2.82. The van der Waals surface area contributed by atoms with Crippen LogP contribution < -0.4 is 5.32 Å². The standard InChI is InChI=1S/C10H16N4O4S/c15-10(16)9-6-14(13-12-9)3-2-11-5-8-1-4-19(17,18)7-8/h6,8,11H,1-5,7H2,(H,15,16). The molecule has 1 fully saturated rings. The van der Waals surface area contributed by atoms with Gasteiger partial charge in [-0.15, -0.1) is 5.10 Å². The highest BCUT2D eigenvalue weighted by molar-refractivity contribution is 7.91. The van der Waals surface area contributed by atoms with Gasteiger partial charge in [0.2, 0.25) is 0 Å². The van der Waals surface area contributed by atoms with Crippen molar-refractivity contribution in [1.29, 1.82) is 0 Å². The largest absolute Gasteiger partial charge is 0.476 e. The molecule has 1 aliphatic rings. The second-order valence-corrected chi connectivity index (χ2v) is 6.87. The van der Waals surface area contributed by atoms with Crippen LogP contribution in [0.3, 0.4) is 0 Å². The molecule has 9 heteroatoms. The molecule has 1 saturated heterocycles. The zero-order valence-corrected chi connectivity index (χ0v) is 11.1. The summed E-state index contributed by atoms with van der Waals surface area (Å²) in [5.41, 5.74) is -0.0816. The summed E-state index contributed by atoms with van der Waals surface area (Å²) in [6.07, 6.45) is 2.08. The topological polar surface area (TPSA) is 114 Å². The molecular weight excluding hydrogens is 272 g/mol. The molecular formula is C10H16N4O4S. The lowest BCUT2D eigenvalue weighted by Gasteiger charge is -2.08. The first kappa shape index (κ1) is 13.9. The fourth-order valence-electron chi connectivity index (χ4n) is 2.04. The van der Waals surface area contributed by atoms with E-state index in [1.807, 2.05) is 0 Å². The van der Waals surface area contributed by atoms with Crippen LogP contribution in [-0.4, -0.2) is 59.1 Å². The molecule has 106 valence electrons. The third-order valence-corrected chi connectivity index (χ3v) is 4.87. The van der Waals surface area contributed by atoms with Gasteiger partial charge in [0.05, 0.1) is 24.2 Å². The quantitative estimate of drug-likeness (QED) is 0.645. The molecule has 19 heavy (non-hydrogen) atoms. The summed E-state index contributed by atoms with van der Waals surface area (Å²) in [5, 5.41) is 19.0. The van der Waals surface area contributed by atoms with E-state index in [1.54, 1.807) is 0 Å². The van der Waals surface area contributed by atoms with Crippen LogP contribution in [0.2, 0.25) is 0 Å². The van der Waals surface area contributed by atoms with Gasteiger partial charge in [0.25, 0.3) is 0 Å². The summed E-state index contributed by atoms with van der Waals surface area (Å²) in [6.45, 7) is 1.75. The van der Waals surface area contributed by atoms with Crippen LogP contribution in [-0.2, 0) is 16.4 Å². The van der Waals surface area contributed by atoms with E-state index in [1.165, 1.54) is 10.9 Å². The molecule has 0 bridgehead atoms. The van der Waals surface area contributed by atoms with E-state index < -0.39 is 15.8 Å². The van der Waals surface area contributed by atoms with E-state index in [-0.39, 0.29) is 23.1 Å². The minimum Gasteiger partial charge on any atom is -0.476 e. The smallest absolute Gasteiger partial charge is 0.358 e. The van der Waals surface area contributed by atoms with Crippen molar-refractivity contribution in [1.82, 2.24) is 20.3 Å². The molecule has 0 aromatic carbocycles. The Morgan fingerprint density at radius 2 is 2.37 bits per heavy atom. The number of sulfone groups is 1. The fourth-order valence-corrected chi connectivity index (χ4v) is 3.90. The lowest BCUT2D eigenvalue weighted by molar-refractivity contribution is 0.0690. The maximum atomic E-state index is 11.3. The Labute approximate surface area is 110 Å². The van der Waals surface area contributed by atoms with Crippen LogP contribution >= 0.6 is 0 Å². The van der Waals surface area contributed by atoms with Crippen molar-refractivity contribution in [3.8, 4) is 0 Å². The summed E-state index contributed by atoms with van der Waals surface area (Å²) < 4.78 is 24.0. The molecule has 1 aliphatic heterocycles. The Morgan fingerprint density at radius 3 is 2.95 bits per heavy atom. The molecule has 8 nitrogen and oxygen atoms in total. The molecule has 0 aliphatic carbocycles. The first-order chi connectivity index (χ1) is 8.96. The third-order valence-electron chi connectivity index (χ3n) is 3.04. The SMILES string of the molecule is O=C(O)c1cn(CCNCC2CCS(=O)(=O)C2)nn1. The monoisotopic (exact) mass is 288 g/mol. The maximum absolute atomic E-state index is 11.3. The van der Waals surface area contributed by atoms with E-state index in [0.29, 0.717) is 26.1 Å². The Hall–Kier alpha value is -1.48. The lowest BCUT2D eigenvalue weighted by atomic mass is 10.1. The molecule has 2 rings (SSSR count). The van der Waals surface area contributed by atoms with Crippen LogP contribution in [0.5, 0.6) is 0 Å². The number of nitrogens with one attached hydrogen (secondary N) is 1. The molecule has 1 unspecified atom stereocenters. The number of carboxylic acids is 1. The van der Waals surface area contributed by atoms with Gasteiger partial charge in [0.1, 0.15) is 0 Å². The zero-order valence-electron chi connectivity index (χ0n) is 10.3. The van der Waals surface area contributed by atoms with E-state index in [9.17, 15) is 13.2 Å². The number of rotatable bonds is 6. The van der Waals surface area contributed by atoms with Crippen LogP contribution in [0.15, 0.2) is 6.20 Å². The van der Waals surface area contributed by atoms with Crippen LogP contribution in [0.1, 0.15) is 16.9 Å². The molecule has 2 heterocycles. The normalized spacial score (nSPS) is 21.6. The summed E-state index contributed by atoms with van der Waals surface area (Å²) in [4.78, 5) is 10.6. The number of carbonyl (C=O) groups is 1.